The quantitative estimate of drug-likeness (QED) is 0.599. The zero-order valence-electron chi connectivity index (χ0n) is 12.0. The molecule has 0 aromatic heterocycles. The van der Waals surface area contributed by atoms with Gasteiger partial charge in [0.15, 0.2) is 0 Å². The van der Waals surface area contributed by atoms with Gasteiger partial charge >= 0.3 is 0 Å². The van der Waals surface area contributed by atoms with E-state index in [-0.39, 0.29) is 0 Å². The molecule has 0 aliphatic rings. The Morgan fingerprint density at radius 3 is 2.20 bits per heavy atom. The van der Waals surface area contributed by atoms with Crippen LogP contribution in [0.1, 0.15) is 18.1 Å². The van der Waals surface area contributed by atoms with E-state index in [9.17, 15) is 0 Å². The van der Waals surface area contributed by atoms with Crippen LogP contribution in [0.3, 0.4) is 0 Å². The van der Waals surface area contributed by atoms with Crippen molar-refractivity contribution < 1.29 is 0 Å². The van der Waals surface area contributed by atoms with E-state index in [1.54, 1.807) is 0 Å². The molecular weight excluding hydrogens is 244 g/mol. The zero-order chi connectivity index (χ0) is 14.2. The van der Waals surface area contributed by atoms with Crippen LogP contribution in [0.5, 0.6) is 0 Å². The first-order valence-corrected chi connectivity index (χ1v) is 6.80. The third-order valence-electron chi connectivity index (χ3n) is 3.00. The maximum atomic E-state index is 4.57. The van der Waals surface area contributed by atoms with Crippen LogP contribution in [-0.2, 0) is 6.54 Å². The highest BCUT2D eigenvalue weighted by Gasteiger charge is 2.08. The summed E-state index contributed by atoms with van der Waals surface area (Å²) >= 11 is 0. The van der Waals surface area contributed by atoms with Crippen molar-refractivity contribution in [1.29, 1.82) is 0 Å². The van der Waals surface area contributed by atoms with E-state index in [1.807, 2.05) is 43.5 Å². The summed E-state index contributed by atoms with van der Waals surface area (Å²) in [5.74, 6) is 0.979. The minimum Gasteiger partial charge on any atom is -0.355 e. The molecule has 0 N–H and O–H groups in total. The summed E-state index contributed by atoms with van der Waals surface area (Å²) < 4.78 is 0. The Morgan fingerprint density at radius 2 is 1.60 bits per heavy atom. The second-order valence-corrected chi connectivity index (χ2v) is 4.64. The second kappa shape index (κ2) is 7.29. The van der Waals surface area contributed by atoms with Crippen molar-refractivity contribution in [3.63, 3.8) is 0 Å². The van der Waals surface area contributed by atoms with Crippen molar-refractivity contribution in [2.24, 2.45) is 4.99 Å². The van der Waals surface area contributed by atoms with Gasteiger partial charge in [0.05, 0.1) is 0 Å². The normalized spacial score (nSPS) is 11.8. The van der Waals surface area contributed by atoms with Crippen LogP contribution in [0.2, 0.25) is 0 Å². The summed E-state index contributed by atoms with van der Waals surface area (Å²) in [5.41, 5.74) is 2.41. The van der Waals surface area contributed by atoms with Gasteiger partial charge in [0.1, 0.15) is 5.84 Å². The molecule has 0 aliphatic carbocycles. The molecule has 2 aromatic carbocycles. The lowest BCUT2D eigenvalue weighted by Gasteiger charge is -2.21. The Hall–Kier alpha value is -2.35. The fraction of sp³-hybridized carbons (Fsp3) is 0.167. The summed E-state index contributed by atoms with van der Waals surface area (Å²) in [5, 5.41) is 0. The molecule has 0 radical (unpaired) electrons. The van der Waals surface area contributed by atoms with Gasteiger partial charge in [-0.2, -0.15) is 0 Å². The Labute approximate surface area is 121 Å². The monoisotopic (exact) mass is 264 g/mol. The van der Waals surface area contributed by atoms with Gasteiger partial charge in [-0.05, 0) is 12.5 Å². The SMILES string of the molecule is CC=CN=C(c1ccccc1)N(C)Cc1ccccc1. The number of benzene rings is 2. The highest BCUT2D eigenvalue weighted by Crippen LogP contribution is 2.09. The topological polar surface area (TPSA) is 15.6 Å². The van der Waals surface area contributed by atoms with E-state index in [0.29, 0.717) is 0 Å². The molecule has 0 atom stereocenters. The van der Waals surface area contributed by atoms with Gasteiger partial charge in [0.25, 0.3) is 0 Å². The number of nitrogens with zero attached hydrogens (tertiary/aromatic N) is 2. The van der Waals surface area contributed by atoms with Crippen LogP contribution in [0.15, 0.2) is 77.9 Å². The van der Waals surface area contributed by atoms with E-state index < -0.39 is 0 Å². The van der Waals surface area contributed by atoms with Gasteiger partial charge in [-0.15, -0.1) is 0 Å². The standard InChI is InChI=1S/C18H20N2/c1-3-14-19-18(17-12-8-5-9-13-17)20(2)15-16-10-6-4-7-11-16/h3-14H,15H2,1-2H3. The van der Waals surface area contributed by atoms with Gasteiger partial charge in [-0.25, -0.2) is 4.99 Å². The fourth-order valence-corrected chi connectivity index (χ4v) is 2.06. The van der Waals surface area contributed by atoms with Gasteiger partial charge < -0.3 is 4.90 Å². The number of hydrogen-bond acceptors (Lipinski definition) is 1. The Kier molecular flexibility index (Phi) is 5.13. The van der Waals surface area contributed by atoms with Gasteiger partial charge in [-0.1, -0.05) is 66.7 Å². The van der Waals surface area contributed by atoms with Gasteiger partial charge in [-0.3, -0.25) is 0 Å². The smallest absolute Gasteiger partial charge is 0.135 e. The van der Waals surface area contributed by atoms with Crippen LogP contribution in [0.4, 0.5) is 0 Å². The van der Waals surface area contributed by atoms with E-state index in [1.165, 1.54) is 5.56 Å². The Morgan fingerprint density at radius 1 is 1.00 bits per heavy atom. The summed E-state index contributed by atoms with van der Waals surface area (Å²) in [6.45, 7) is 2.81. The molecule has 0 heterocycles. The highest BCUT2D eigenvalue weighted by molar-refractivity contribution is 5.98. The first-order valence-electron chi connectivity index (χ1n) is 6.80. The lowest BCUT2D eigenvalue weighted by atomic mass is 10.1. The van der Waals surface area contributed by atoms with Crippen molar-refractivity contribution in [2.75, 3.05) is 7.05 Å². The van der Waals surface area contributed by atoms with Crippen LogP contribution in [-0.4, -0.2) is 17.8 Å². The molecule has 0 saturated heterocycles. The first kappa shape index (κ1) is 14.1. The van der Waals surface area contributed by atoms with Crippen LogP contribution >= 0.6 is 0 Å². The van der Waals surface area contributed by atoms with Crippen molar-refractivity contribution >= 4 is 5.84 Å². The number of rotatable bonds is 4. The molecule has 0 amide bonds. The molecule has 0 spiro atoms. The van der Waals surface area contributed by atoms with Gasteiger partial charge in [0, 0.05) is 25.4 Å². The molecular formula is C18H20N2. The summed E-state index contributed by atoms with van der Waals surface area (Å²) in [6.07, 6.45) is 3.78. The summed E-state index contributed by atoms with van der Waals surface area (Å²) in [4.78, 5) is 6.74. The molecule has 0 bridgehead atoms. The first-order chi connectivity index (χ1) is 9.81. The number of aliphatic imine (C=N–C) groups is 1. The largest absolute Gasteiger partial charge is 0.355 e. The van der Waals surface area contributed by atoms with Crippen molar-refractivity contribution in [2.45, 2.75) is 13.5 Å². The average molecular weight is 264 g/mol. The van der Waals surface area contributed by atoms with E-state index in [0.717, 1.165) is 17.9 Å². The molecule has 0 unspecified atom stereocenters. The number of hydrogen-bond donors (Lipinski definition) is 0. The second-order valence-electron chi connectivity index (χ2n) is 4.64. The molecule has 2 rings (SSSR count). The van der Waals surface area contributed by atoms with Crippen LogP contribution in [0, 0.1) is 0 Å². The fourth-order valence-electron chi connectivity index (χ4n) is 2.06. The Bertz CT molecular complexity index is 571. The highest BCUT2D eigenvalue weighted by atomic mass is 15.2. The zero-order valence-corrected chi connectivity index (χ0v) is 12.0. The molecule has 0 saturated carbocycles. The third kappa shape index (κ3) is 3.82. The molecule has 0 fully saturated rings. The van der Waals surface area contributed by atoms with Crippen molar-refractivity contribution in [1.82, 2.24) is 4.90 Å². The number of allylic oxidation sites excluding steroid dienone is 1. The average Bonchev–Trinajstić information content (AvgIpc) is 2.50. The Balaban J connectivity index is 2.23. The van der Waals surface area contributed by atoms with Crippen LogP contribution < -0.4 is 0 Å². The van der Waals surface area contributed by atoms with E-state index >= 15 is 0 Å². The van der Waals surface area contributed by atoms with Crippen molar-refractivity contribution in [3.8, 4) is 0 Å². The molecule has 0 aliphatic heterocycles. The lowest BCUT2D eigenvalue weighted by Crippen LogP contribution is -2.27. The maximum Gasteiger partial charge on any atom is 0.135 e. The minimum absolute atomic E-state index is 0.839. The van der Waals surface area contributed by atoms with E-state index in [2.05, 4.69) is 53.3 Å². The predicted octanol–water partition coefficient (Wildman–Crippen LogP) is 4.10. The number of amidine groups is 1. The molecule has 102 valence electrons. The van der Waals surface area contributed by atoms with Crippen LogP contribution in [0.25, 0.3) is 0 Å². The lowest BCUT2D eigenvalue weighted by molar-refractivity contribution is 0.501. The maximum absolute atomic E-state index is 4.57. The minimum atomic E-state index is 0.839. The third-order valence-corrected chi connectivity index (χ3v) is 3.00. The molecule has 2 nitrogen and oxygen atoms in total. The summed E-state index contributed by atoms with van der Waals surface area (Å²) in [7, 11) is 2.07. The van der Waals surface area contributed by atoms with E-state index in [4.69, 9.17) is 0 Å². The summed E-state index contributed by atoms with van der Waals surface area (Å²) in [6, 6.07) is 20.7. The van der Waals surface area contributed by atoms with Crippen molar-refractivity contribution in [3.05, 3.63) is 84.1 Å². The van der Waals surface area contributed by atoms with Gasteiger partial charge in [0.2, 0.25) is 0 Å². The predicted molar refractivity (Wildman–Crippen MR) is 85.7 cm³/mol. The molecule has 2 aromatic rings. The molecule has 20 heavy (non-hydrogen) atoms. The molecule has 2 heteroatoms.